The maximum atomic E-state index is 11.0. The zero-order valence-corrected chi connectivity index (χ0v) is 14.5. The lowest BCUT2D eigenvalue weighted by atomic mass is 10.0. The SMILES string of the molecule is CCCCCCCC(CCCCCCCC(=O)OC)OC. The molecule has 3 nitrogen and oxygen atoms in total. The van der Waals surface area contributed by atoms with Crippen molar-refractivity contribution in [2.24, 2.45) is 0 Å². The van der Waals surface area contributed by atoms with Gasteiger partial charge in [-0.1, -0.05) is 64.7 Å². The van der Waals surface area contributed by atoms with Gasteiger partial charge < -0.3 is 9.47 Å². The Morgan fingerprint density at radius 1 is 0.810 bits per heavy atom. The molecule has 0 amide bonds. The highest BCUT2D eigenvalue weighted by molar-refractivity contribution is 5.68. The number of rotatable bonds is 15. The van der Waals surface area contributed by atoms with Gasteiger partial charge in [0, 0.05) is 13.5 Å². The molecule has 3 heteroatoms. The summed E-state index contributed by atoms with van der Waals surface area (Å²) < 4.78 is 10.2. The molecule has 0 fully saturated rings. The molecule has 0 saturated heterocycles. The molecular weight excluding hydrogens is 264 g/mol. The number of hydrogen-bond acceptors (Lipinski definition) is 3. The molecule has 0 aliphatic carbocycles. The van der Waals surface area contributed by atoms with Crippen LogP contribution in [0.2, 0.25) is 0 Å². The fourth-order valence-corrected chi connectivity index (χ4v) is 2.63. The molecule has 0 radical (unpaired) electrons. The average Bonchev–Trinajstić information content (AvgIpc) is 2.51. The summed E-state index contributed by atoms with van der Waals surface area (Å²) in [5.41, 5.74) is 0. The predicted octanol–water partition coefficient (Wildman–Crippen LogP) is 5.27. The first-order valence-corrected chi connectivity index (χ1v) is 8.84. The Morgan fingerprint density at radius 2 is 1.33 bits per heavy atom. The quantitative estimate of drug-likeness (QED) is 0.305. The van der Waals surface area contributed by atoms with Crippen LogP contribution in [0.1, 0.15) is 90.4 Å². The third kappa shape index (κ3) is 14.1. The lowest BCUT2D eigenvalue weighted by molar-refractivity contribution is -0.140. The van der Waals surface area contributed by atoms with Gasteiger partial charge >= 0.3 is 5.97 Å². The minimum Gasteiger partial charge on any atom is -0.469 e. The van der Waals surface area contributed by atoms with E-state index in [-0.39, 0.29) is 5.97 Å². The van der Waals surface area contributed by atoms with E-state index < -0.39 is 0 Å². The fourth-order valence-electron chi connectivity index (χ4n) is 2.63. The first kappa shape index (κ1) is 20.4. The van der Waals surface area contributed by atoms with Crippen LogP contribution in [0.5, 0.6) is 0 Å². The zero-order valence-electron chi connectivity index (χ0n) is 14.5. The van der Waals surface area contributed by atoms with Crippen molar-refractivity contribution in [3.05, 3.63) is 0 Å². The Hall–Kier alpha value is -0.570. The van der Waals surface area contributed by atoms with Crippen molar-refractivity contribution < 1.29 is 14.3 Å². The van der Waals surface area contributed by atoms with E-state index in [1.165, 1.54) is 71.3 Å². The summed E-state index contributed by atoms with van der Waals surface area (Å²) in [7, 11) is 3.29. The van der Waals surface area contributed by atoms with Crippen molar-refractivity contribution in [2.45, 2.75) is 96.5 Å². The van der Waals surface area contributed by atoms with Gasteiger partial charge in [0.05, 0.1) is 13.2 Å². The monoisotopic (exact) mass is 300 g/mol. The number of esters is 1. The smallest absolute Gasteiger partial charge is 0.305 e. The average molecular weight is 300 g/mol. The van der Waals surface area contributed by atoms with E-state index in [0.29, 0.717) is 12.5 Å². The molecule has 0 rings (SSSR count). The van der Waals surface area contributed by atoms with Gasteiger partial charge in [0.15, 0.2) is 0 Å². The Kier molecular flexibility index (Phi) is 15.4. The van der Waals surface area contributed by atoms with Crippen LogP contribution < -0.4 is 0 Å². The van der Waals surface area contributed by atoms with Crippen LogP contribution in [0.4, 0.5) is 0 Å². The second kappa shape index (κ2) is 15.8. The Morgan fingerprint density at radius 3 is 1.86 bits per heavy atom. The van der Waals surface area contributed by atoms with Crippen molar-refractivity contribution in [1.29, 1.82) is 0 Å². The van der Waals surface area contributed by atoms with Gasteiger partial charge in [-0.2, -0.15) is 0 Å². The molecule has 0 saturated carbocycles. The van der Waals surface area contributed by atoms with Gasteiger partial charge in [0.1, 0.15) is 0 Å². The van der Waals surface area contributed by atoms with Crippen LogP contribution in [-0.2, 0) is 14.3 Å². The van der Waals surface area contributed by atoms with E-state index >= 15 is 0 Å². The molecule has 0 aromatic rings. The van der Waals surface area contributed by atoms with Gasteiger partial charge in [0.25, 0.3) is 0 Å². The number of carbonyl (C=O) groups is 1. The number of carbonyl (C=O) groups excluding carboxylic acids is 1. The number of methoxy groups -OCH3 is 2. The minimum atomic E-state index is -0.0856. The Bertz CT molecular complexity index is 229. The molecule has 0 heterocycles. The maximum Gasteiger partial charge on any atom is 0.305 e. The van der Waals surface area contributed by atoms with Crippen LogP contribution in [0.15, 0.2) is 0 Å². The van der Waals surface area contributed by atoms with Crippen LogP contribution in [0.25, 0.3) is 0 Å². The molecule has 0 spiro atoms. The summed E-state index contributed by atoms with van der Waals surface area (Å²) in [6.07, 6.45) is 15.9. The topological polar surface area (TPSA) is 35.5 Å². The van der Waals surface area contributed by atoms with E-state index in [0.717, 1.165) is 12.8 Å². The molecule has 0 N–H and O–H groups in total. The van der Waals surface area contributed by atoms with E-state index in [2.05, 4.69) is 11.7 Å². The third-order valence-electron chi connectivity index (χ3n) is 4.10. The molecule has 126 valence electrons. The lowest BCUT2D eigenvalue weighted by Crippen LogP contribution is -2.10. The largest absolute Gasteiger partial charge is 0.469 e. The van der Waals surface area contributed by atoms with Crippen LogP contribution in [-0.4, -0.2) is 26.3 Å². The summed E-state index contributed by atoms with van der Waals surface area (Å²) in [5.74, 6) is -0.0856. The normalized spacial score (nSPS) is 12.3. The number of unbranched alkanes of at least 4 members (excludes halogenated alkanes) is 8. The molecule has 21 heavy (non-hydrogen) atoms. The van der Waals surface area contributed by atoms with Crippen molar-refractivity contribution in [3.8, 4) is 0 Å². The highest BCUT2D eigenvalue weighted by atomic mass is 16.5. The van der Waals surface area contributed by atoms with Crippen molar-refractivity contribution in [2.75, 3.05) is 14.2 Å². The summed E-state index contributed by atoms with van der Waals surface area (Å²) in [5, 5.41) is 0. The van der Waals surface area contributed by atoms with Gasteiger partial charge in [-0.25, -0.2) is 0 Å². The van der Waals surface area contributed by atoms with E-state index in [4.69, 9.17) is 4.74 Å². The first-order chi connectivity index (χ1) is 10.2. The maximum absolute atomic E-state index is 11.0. The van der Waals surface area contributed by atoms with Gasteiger partial charge in [-0.05, 0) is 19.3 Å². The predicted molar refractivity (Wildman–Crippen MR) is 88.5 cm³/mol. The summed E-state index contributed by atoms with van der Waals surface area (Å²) in [6, 6.07) is 0. The van der Waals surface area contributed by atoms with Crippen LogP contribution in [0, 0.1) is 0 Å². The van der Waals surface area contributed by atoms with Gasteiger partial charge in [-0.3, -0.25) is 4.79 Å². The molecule has 0 bridgehead atoms. The summed E-state index contributed by atoms with van der Waals surface area (Å²) in [4.78, 5) is 11.0. The molecule has 0 aromatic carbocycles. The van der Waals surface area contributed by atoms with Crippen molar-refractivity contribution >= 4 is 5.97 Å². The van der Waals surface area contributed by atoms with Crippen molar-refractivity contribution in [3.63, 3.8) is 0 Å². The number of hydrogen-bond donors (Lipinski definition) is 0. The standard InChI is InChI=1S/C18H36O3/c1-4-5-6-8-11-14-17(20-2)15-12-9-7-10-13-16-18(19)21-3/h17H,4-16H2,1-3H3. The highest BCUT2D eigenvalue weighted by Gasteiger charge is 2.06. The molecular formula is C18H36O3. The molecule has 0 aliphatic rings. The second-order valence-electron chi connectivity index (χ2n) is 5.94. The van der Waals surface area contributed by atoms with Gasteiger partial charge in [0.2, 0.25) is 0 Å². The molecule has 0 aliphatic heterocycles. The first-order valence-electron chi connectivity index (χ1n) is 8.84. The number of ether oxygens (including phenoxy) is 2. The fraction of sp³-hybridized carbons (Fsp3) is 0.944. The van der Waals surface area contributed by atoms with E-state index in [1.54, 1.807) is 0 Å². The summed E-state index contributed by atoms with van der Waals surface area (Å²) >= 11 is 0. The zero-order chi connectivity index (χ0) is 15.8. The molecule has 0 aromatic heterocycles. The lowest BCUT2D eigenvalue weighted by Gasteiger charge is -2.15. The van der Waals surface area contributed by atoms with Crippen LogP contribution in [0.3, 0.4) is 0 Å². The molecule has 1 unspecified atom stereocenters. The Labute approximate surface area is 131 Å². The minimum absolute atomic E-state index is 0.0856. The molecule has 1 atom stereocenters. The summed E-state index contributed by atoms with van der Waals surface area (Å²) in [6.45, 7) is 2.25. The Balaban J connectivity index is 3.36. The van der Waals surface area contributed by atoms with Crippen molar-refractivity contribution in [1.82, 2.24) is 0 Å². The van der Waals surface area contributed by atoms with E-state index in [9.17, 15) is 4.79 Å². The highest BCUT2D eigenvalue weighted by Crippen LogP contribution is 2.15. The van der Waals surface area contributed by atoms with Crippen LogP contribution >= 0.6 is 0 Å². The van der Waals surface area contributed by atoms with E-state index in [1.807, 2.05) is 7.11 Å². The second-order valence-corrected chi connectivity index (χ2v) is 5.94. The van der Waals surface area contributed by atoms with Gasteiger partial charge in [-0.15, -0.1) is 0 Å². The third-order valence-corrected chi connectivity index (χ3v) is 4.10.